The highest BCUT2D eigenvalue weighted by Gasteiger charge is 2.09. The van der Waals surface area contributed by atoms with Gasteiger partial charge < -0.3 is 5.11 Å². The number of phenolic OH excluding ortho intramolecular Hbond substituents is 1. The van der Waals surface area contributed by atoms with E-state index in [4.69, 9.17) is 0 Å². The molecule has 1 aromatic carbocycles. The van der Waals surface area contributed by atoms with Gasteiger partial charge in [-0.25, -0.2) is 0 Å². The summed E-state index contributed by atoms with van der Waals surface area (Å²) in [5.41, 5.74) is 0. The van der Waals surface area contributed by atoms with E-state index in [0.29, 0.717) is 5.75 Å². The largest absolute Gasteiger partial charge is 0.506 e. The molecule has 0 aliphatic heterocycles. The first-order valence-corrected chi connectivity index (χ1v) is 5.94. The predicted molar refractivity (Wildman–Crippen MR) is 63.9 cm³/mol. The average molecular weight is 355 g/mol. The van der Waals surface area contributed by atoms with E-state index in [9.17, 15) is 5.11 Å². The predicted octanol–water partition coefficient (Wildman–Crippen LogP) is 3.97. The summed E-state index contributed by atoms with van der Waals surface area (Å²) in [6.45, 7) is 0. The van der Waals surface area contributed by atoms with E-state index in [1.54, 1.807) is 17.4 Å². The van der Waals surface area contributed by atoms with Gasteiger partial charge in [0.15, 0.2) is 0 Å². The molecule has 1 heterocycles. The van der Waals surface area contributed by atoms with Crippen LogP contribution in [0.4, 0.5) is 0 Å². The molecule has 0 saturated heterocycles. The monoisotopic (exact) mass is 354 g/mol. The van der Waals surface area contributed by atoms with Crippen LogP contribution in [0.3, 0.4) is 0 Å². The molecule has 0 radical (unpaired) electrons. The third-order valence-electron chi connectivity index (χ3n) is 1.59. The Bertz CT molecular complexity index is 438. The van der Waals surface area contributed by atoms with Crippen molar-refractivity contribution in [3.63, 3.8) is 0 Å². The molecule has 0 atom stereocenters. The van der Waals surface area contributed by atoms with Crippen LogP contribution in [0.1, 0.15) is 0 Å². The van der Waals surface area contributed by atoms with Gasteiger partial charge in [0, 0.05) is 8.96 Å². The van der Waals surface area contributed by atoms with Crippen LogP contribution in [0.5, 0.6) is 5.75 Å². The summed E-state index contributed by atoms with van der Waals surface area (Å²) in [5.74, 6) is 0.362. The Kier molecular flexibility index (Phi) is 2.31. The molecule has 4 heteroatoms. The van der Waals surface area contributed by atoms with Crippen molar-refractivity contribution in [2.24, 2.45) is 0 Å². The fourth-order valence-electron chi connectivity index (χ4n) is 1.05. The molecule has 2 rings (SSSR count). The Balaban J connectivity index is 2.95. The van der Waals surface area contributed by atoms with Crippen LogP contribution in [-0.2, 0) is 0 Å². The average Bonchev–Trinajstić information content (AvgIpc) is 2.32. The summed E-state index contributed by atoms with van der Waals surface area (Å²) in [4.78, 5) is 0. The number of benzene rings is 1. The Hall–Kier alpha value is 0.190. The molecule has 1 N–H and O–H groups in total. The van der Waals surface area contributed by atoms with E-state index < -0.39 is 0 Å². The molecule has 0 fully saturated rings. The van der Waals surface area contributed by atoms with E-state index in [-0.39, 0.29) is 0 Å². The summed E-state index contributed by atoms with van der Waals surface area (Å²) >= 11 is 7.27. The van der Waals surface area contributed by atoms with Gasteiger partial charge in [0.05, 0.1) is 8.49 Å². The fourth-order valence-corrected chi connectivity index (χ4v) is 3.54. The van der Waals surface area contributed by atoms with Crippen LogP contribution in [0.2, 0.25) is 0 Å². The number of hydrogen-bond donors (Lipinski definition) is 1. The molecule has 0 amide bonds. The Labute approximate surface area is 95.7 Å². The van der Waals surface area contributed by atoms with Gasteiger partial charge in [-0.1, -0.05) is 12.1 Å². The fraction of sp³-hybridized carbons (Fsp3) is 0. The van der Waals surface area contributed by atoms with Crippen molar-refractivity contribution < 1.29 is 5.11 Å². The second-order valence-electron chi connectivity index (χ2n) is 2.34. The van der Waals surface area contributed by atoms with E-state index in [1.807, 2.05) is 12.1 Å². The molecule has 0 saturated carbocycles. The van der Waals surface area contributed by atoms with Crippen molar-refractivity contribution in [1.29, 1.82) is 0 Å². The zero-order valence-corrected chi connectivity index (χ0v) is 10.4. The summed E-state index contributed by atoms with van der Waals surface area (Å²) in [6, 6.07) is 5.58. The van der Waals surface area contributed by atoms with Gasteiger partial charge in [-0.15, -0.1) is 11.3 Å². The molecule has 0 unspecified atom stereocenters. The smallest absolute Gasteiger partial charge is 0.133 e. The highest BCUT2D eigenvalue weighted by molar-refractivity contribution is 14.1. The van der Waals surface area contributed by atoms with Crippen molar-refractivity contribution in [3.05, 3.63) is 25.6 Å². The molecular formula is C8H4BrIOS. The van der Waals surface area contributed by atoms with Crippen molar-refractivity contribution in [2.75, 3.05) is 0 Å². The van der Waals surface area contributed by atoms with E-state index in [0.717, 1.165) is 13.9 Å². The van der Waals surface area contributed by atoms with E-state index in [1.165, 1.54) is 3.57 Å². The highest BCUT2D eigenvalue weighted by Crippen LogP contribution is 2.40. The number of halogens is 2. The Morgan fingerprint density at radius 3 is 2.83 bits per heavy atom. The van der Waals surface area contributed by atoms with Gasteiger partial charge in [-0.3, -0.25) is 0 Å². The lowest BCUT2D eigenvalue weighted by molar-refractivity contribution is 0.482. The zero-order chi connectivity index (χ0) is 8.72. The first kappa shape index (κ1) is 8.77. The van der Waals surface area contributed by atoms with Crippen molar-refractivity contribution in [1.82, 2.24) is 0 Å². The van der Waals surface area contributed by atoms with Crippen LogP contribution >= 0.6 is 49.9 Å². The van der Waals surface area contributed by atoms with Gasteiger partial charge in [-0.2, -0.15) is 0 Å². The van der Waals surface area contributed by atoms with Gasteiger partial charge >= 0.3 is 0 Å². The second kappa shape index (κ2) is 3.16. The van der Waals surface area contributed by atoms with Crippen molar-refractivity contribution in [3.8, 4) is 5.75 Å². The molecule has 0 aliphatic rings. The first-order valence-electron chi connectivity index (χ1n) is 3.25. The van der Waals surface area contributed by atoms with Crippen molar-refractivity contribution in [2.45, 2.75) is 0 Å². The Morgan fingerprint density at radius 2 is 2.17 bits per heavy atom. The summed E-state index contributed by atoms with van der Waals surface area (Å²) < 4.78 is 3.21. The number of fused-ring (bicyclic) bond motifs is 1. The quantitative estimate of drug-likeness (QED) is 0.709. The van der Waals surface area contributed by atoms with Gasteiger partial charge in [0.1, 0.15) is 5.75 Å². The SMILES string of the molecule is Oc1cccc2c(I)c(Br)sc12. The molecule has 0 bridgehead atoms. The second-order valence-corrected chi connectivity index (χ2v) is 5.76. The lowest BCUT2D eigenvalue weighted by Crippen LogP contribution is -1.67. The molecular weight excluding hydrogens is 351 g/mol. The van der Waals surface area contributed by atoms with E-state index in [2.05, 4.69) is 38.5 Å². The number of hydrogen-bond acceptors (Lipinski definition) is 2. The Morgan fingerprint density at radius 1 is 1.42 bits per heavy atom. The minimum Gasteiger partial charge on any atom is -0.506 e. The number of phenols is 1. The lowest BCUT2D eigenvalue weighted by Gasteiger charge is -1.92. The minimum atomic E-state index is 0.362. The van der Waals surface area contributed by atoms with Gasteiger partial charge in [-0.05, 0) is 44.6 Å². The molecule has 0 spiro atoms. The molecule has 1 aromatic heterocycles. The molecule has 2 aromatic rings. The van der Waals surface area contributed by atoms with Crippen LogP contribution in [0.25, 0.3) is 10.1 Å². The van der Waals surface area contributed by atoms with Gasteiger partial charge in [0.25, 0.3) is 0 Å². The zero-order valence-electron chi connectivity index (χ0n) is 5.84. The topological polar surface area (TPSA) is 20.2 Å². The minimum absolute atomic E-state index is 0.362. The van der Waals surface area contributed by atoms with Gasteiger partial charge in [0.2, 0.25) is 0 Å². The number of rotatable bonds is 0. The lowest BCUT2D eigenvalue weighted by atomic mass is 10.2. The maximum Gasteiger partial charge on any atom is 0.133 e. The first-order chi connectivity index (χ1) is 5.70. The maximum absolute atomic E-state index is 9.50. The van der Waals surface area contributed by atoms with Crippen molar-refractivity contribution >= 4 is 59.9 Å². The van der Waals surface area contributed by atoms with Crippen LogP contribution in [-0.4, -0.2) is 5.11 Å². The normalized spacial score (nSPS) is 10.8. The molecule has 1 nitrogen and oxygen atoms in total. The maximum atomic E-state index is 9.50. The third-order valence-corrected chi connectivity index (χ3v) is 5.72. The molecule has 62 valence electrons. The molecule has 12 heavy (non-hydrogen) atoms. The standard InChI is InChI=1S/C8H4BrIOS/c9-8-6(10)4-2-1-3-5(11)7(4)12-8/h1-3,11H. The summed E-state index contributed by atoms with van der Waals surface area (Å²) in [6.07, 6.45) is 0. The van der Waals surface area contributed by atoms with Crippen LogP contribution in [0.15, 0.2) is 22.0 Å². The van der Waals surface area contributed by atoms with Crippen LogP contribution < -0.4 is 0 Å². The summed E-state index contributed by atoms with van der Waals surface area (Å²) in [5, 5.41) is 10.6. The van der Waals surface area contributed by atoms with Crippen LogP contribution in [0, 0.1) is 3.57 Å². The number of thiophene rings is 1. The van der Waals surface area contributed by atoms with E-state index >= 15 is 0 Å². The highest BCUT2D eigenvalue weighted by atomic mass is 127. The summed E-state index contributed by atoms with van der Waals surface area (Å²) in [7, 11) is 0. The molecule has 0 aliphatic carbocycles. The third kappa shape index (κ3) is 1.25. The number of aromatic hydroxyl groups is 1.